The van der Waals surface area contributed by atoms with Gasteiger partial charge in [0, 0.05) is 14.6 Å². The second-order valence-electron chi connectivity index (χ2n) is 4.21. The third-order valence-corrected chi connectivity index (χ3v) is 4.10. The van der Waals surface area contributed by atoms with Crippen LogP contribution in [0.2, 0.25) is 5.02 Å². The quantitative estimate of drug-likeness (QED) is 0.765. The average Bonchev–Trinajstić information content (AvgIpc) is 2.32. The van der Waals surface area contributed by atoms with Crippen LogP contribution in [0.15, 0.2) is 36.4 Å². The Labute approximate surface area is 128 Å². The van der Waals surface area contributed by atoms with Crippen molar-refractivity contribution in [2.24, 2.45) is 5.73 Å². The van der Waals surface area contributed by atoms with Crippen LogP contribution in [0.3, 0.4) is 0 Å². The number of rotatable bonds is 3. The van der Waals surface area contributed by atoms with Crippen molar-refractivity contribution in [2.45, 2.75) is 12.5 Å². The predicted octanol–water partition coefficient (Wildman–Crippen LogP) is 4.47. The average molecular weight is 394 g/mol. The molecule has 0 bridgehead atoms. The van der Waals surface area contributed by atoms with Crippen molar-refractivity contribution >= 4 is 34.2 Å². The van der Waals surface area contributed by atoms with Gasteiger partial charge in [0.1, 0.15) is 11.6 Å². The Hall–Kier alpha value is -0.720. The fourth-order valence-corrected chi connectivity index (χ4v) is 2.96. The van der Waals surface area contributed by atoms with Crippen LogP contribution in [0.5, 0.6) is 0 Å². The van der Waals surface area contributed by atoms with E-state index in [0.29, 0.717) is 11.4 Å². The molecule has 0 saturated carbocycles. The molecule has 19 heavy (non-hydrogen) atoms. The Kier molecular flexibility index (Phi) is 4.76. The van der Waals surface area contributed by atoms with Crippen molar-refractivity contribution < 1.29 is 8.78 Å². The molecule has 0 radical (unpaired) electrons. The summed E-state index contributed by atoms with van der Waals surface area (Å²) in [5.74, 6) is -0.668. The van der Waals surface area contributed by atoms with Crippen molar-refractivity contribution in [3.8, 4) is 0 Å². The van der Waals surface area contributed by atoms with Gasteiger partial charge in [-0.25, -0.2) is 8.78 Å². The van der Waals surface area contributed by atoms with Crippen LogP contribution >= 0.6 is 34.2 Å². The van der Waals surface area contributed by atoms with Gasteiger partial charge in [0.25, 0.3) is 0 Å². The van der Waals surface area contributed by atoms with E-state index in [0.717, 1.165) is 14.7 Å². The van der Waals surface area contributed by atoms with Gasteiger partial charge in [-0.05, 0) is 64.4 Å². The zero-order valence-corrected chi connectivity index (χ0v) is 12.8. The molecule has 1 nitrogen and oxygen atoms in total. The summed E-state index contributed by atoms with van der Waals surface area (Å²) in [5, 5.41) is 0.354. The van der Waals surface area contributed by atoms with Gasteiger partial charge in [-0.1, -0.05) is 23.7 Å². The van der Waals surface area contributed by atoms with E-state index in [2.05, 4.69) is 0 Å². The summed E-state index contributed by atoms with van der Waals surface area (Å²) in [7, 11) is 0. The van der Waals surface area contributed by atoms with Gasteiger partial charge >= 0.3 is 0 Å². The lowest BCUT2D eigenvalue weighted by atomic mass is 9.99. The van der Waals surface area contributed by atoms with Gasteiger partial charge < -0.3 is 5.73 Å². The van der Waals surface area contributed by atoms with E-state index in [1.54, 1.807) is 12.1 Å². The molecule has 0 heterocycles. The van der Waals surface area contributed by atoms with Gasteiger partial charge in [-0.2, -0.15) is 0 Å². The molecule has 2 N–H and O–H groups in total. The first-order valence-electron chi connectivity index (χ1n) is 5.62. The molecule has 0 spiro atoms. The van der Waals surface area contributed by atoms with Gasteiger partial charge in [0.05, 0.1) is 0 Å². The maximum Gasteiger partial charge on any atom is 0.124 e. The highest BCUT2D eigenvalue weighted by Crippen LogP contribution is 2.26. The number of hydrogen-bond acceptors (Lipinski definition) is 1. The van der Waals surface area contributed by atoms with Crippen LogP contribution in [-0.2, 0) is 6.42 Å². The molecular weight excluding hydrogens is 383 g/mol. The van der Waals surface area contributed by atoms with E-state index >= 15 is 0 Å². The summed E-state index contributed by atoms with van der Waals surface area (Å²) < 4.78 is 26.8. The number of benzene rings is 2. The molecule has 1 unspecified atom stereocenters. The second-order valence-corrected chi connectivity index (χ2v) is 5.78. The fraction of sp³-hybridized carbons (Fsp3) is 0.143. The van der Waals surface area contributed by atoms with Crippen LogP contribution in [0.1, 0.15) is 17.2 Å². The normalized spacial score (nSPS) is 12.5. The van der Waals surface area contributed by atoms with Crippen molar-refractivity contribution in [2.75, 3.05) is 0 Å². The molecule has 2 rings (SSSR count). The lowest BCUT2D eigenvalue weighted by molar-refractivity contribution is 0.620. The first-order chi connectivity index (χ1) is 8.97. The summed E-state index contributed by atoms with van der Waals surface area (Å²) in [5.41, 5.74) is 7.73. The van der Waals surface area contributed by atoms with Crippen molar-refractivity contribution in [3.63, 3.8) is 0 Å². The van der Waals surface area contributed by atoms with Crippen LogP contribution in [0, 0.1) is 15.2 Å². The molecule has 0 aliphatic carbocycles. The molecular formula is C14H11ClF2IN. The lowest BCUT2D eigenvalue weighted by Gasteiger charge is -2.15. The lowest BCUT2D eigenvalue weighted by Crippen LogP contribution is -2.15. The fourth-order valence-electron chi connectivity index (χ4n) is 1.84. The minimum Gasteiger partial charge on any atom is -0.324 e. The maximum absolute atomic E-state index is 13.0. The molecule has 2 aromatic rings. The highest BCUT2D eigenvalue weighted by atomic mass is 127. The Balaban J connectivity index is 2.23. The zero-order chi connectivity index (χ0) is 14.0. The molecule has 0 saturated heterocycles. The van der Waals surface area contributed by atoms with Gasteiger partial charge in [0.15, 0.2) is 0 Å². The minimum atomic E-state index is -0.376. The summed E-state index contributed by atoms with van der Waals surface area (Å²) in [4.78, 5) is 0. The number of hydrogen-bond donors (Lipinski definition) is 1. The first-order valence-corrected chi connectivity index (χ1v) is 7.07. The van der Waals surface area contributed by atoms with Crippen LogP contribution < -0.4 is 5.73 Å². The molecule has 0 aliphatic rings. The van der Waals surface area contributed by atoms with Crippen LogP contribution in [-0.4, -0.2) is 0 Å². The molecule has 2 aromatic carbocycles. The third-order valence-electron chi connectivity index (χ3n) is 2.82. The molecule has 100 valence electrons. The molecule has 5 heteroatoms. The van der Waals surface area contributed by atoms with E-state index in [9.17, 15) is 8.78 Å². The highest BCUT2D eigenvalue weighted by Gasteiger charge is 2.13. The van der Waals surface area contributed by atoms with E-state index < -0.39 is 0 Å². The highest BCUT2D eigenvalue weighted by molar-refractivity contribution is 14.1. The Bertz CT molecular complexity index is 604. The Morgan fingerprint density at radius 3 is 2.37 bits per heavy atom. The van der Waals surface area contributed by atoms with E-state index in [1.807, 2.05) is 22.6 Å². The predicted molar refractivity (Wildman–Crippen MR) is 81.2 cm³/mol. The second kappa shape index (κ2) is 6.15. The summed E-state index contributed by atoms with van der Waals surface area (Å²) >= 11 is 8.01. The topological polar surface area (TPSA) is 26.0 Å². The summed E-state index contributed by atoms with van der Waals surface area (Å²) in [6.07, 6.45) is 0.473. The maximum atomic E-state index is 13.0. The van der Waals surface area contributed by atoms with Gasteiger partial charge in [-0.3, -0.25) is 0 Å². The van der Waals surface area contributed by atoms with Gasteiger partial charge in [0.2, 0.25) is 0 Å². The monoisotopic (exact) mass is 393 g/mol. The molecule has 1 atom stereocenters. The van der Waals surface area contributed by atoms with E-state index in [4.69, 9.17) is 17.3 Å². The third kappa shape index (κ3) is 3.64. The van der Waals surface area contributed by atoms with Crippen molar-refractivity contribution in [3.05, 3.63) is 67.8 Å². The largest absolute Gasteiger partial charge is 0.324 e. The molecule has 0 aromatic heterocycles. The first kappa shape index (κ1) is 14.7. The minimum absolute atomic E-state index is 0.292. The standard InChI is InChI=1S/C14H11ClF2IN/c15-12-6-9(16)2-1-8(12)5-14(19)11-4-3-10(17)7-13(11)18/h1-4,6-7,14H,5,19H2. The Morgan fingerprint density at radius 2 is 1.74 bits per heavy atom. The number of halogens is 4. The van der Waals surface area contributed by atoms with Crippen LogP contribution in [0.4, 0.5) is 8.78 Å². The van der Waals surface area contributed by atoms with Crippen LogP contribution in [0.25, 0.3) is 0 Å². The van der Waals surface area contributed by atoms with Crippen molar-refractivity contribution in [1.29, 1.82) is 0 Å². The van der Waals surface area contributed by atoms with Gasteiger partial charge in [-0.15, -0.1) is 0 Å². The SMILES string of the molecule is NC(Cc1ccc(F)cc1Cl)c1ccc(F)cc1I. The molecule has 0 aliphatic heterocycles. The summed E-state index contributed by atoms with van der Waals surface area (Å²) in [6.45, 7) is 0. The Morgan fingerprint density at radius 1 is 1.11 bits per heavy atom. The van der Waals surface area contributed by atoms with E-state index in [1.165, 1.54) is 24.3 Å². The number of nitrogens with two attached hydrogens (primary N) is 1. The van der Waals surface area contributed by atoms with E-state index in [-0.39, 0.29) is 17.7 Å². The molecule has 0 fully saturated rings. The zero-order valence-electron chi connectivity index (χ0n) is 9.84. The summed E-state index contributed by atoms with van der Waals surface area (Å²) in [6, 6.07) is 8.40. The smallest absolute Gasteiger partial charge is 0.124 e. The molecule has 0 amide bonds. The van der Waals surface area contributed by atoms with Crippen molar-refractivity contribution in [1.82, 2.24) is 0 Å².